The first-order valence-corrected chi connectivity index (χ1v) is 16.1. The fraction of sp³-hybridized carbons (Fsp3) is 0.297. The van der Waals surface area contributed by atoms with Crippen molar-refractivity contribution in [3.63, 3.8) is 0 Å². The minimum absolute atomic E-state index is 0.0103. The zero-order valence-electron chi connectivity index (χ0n) is 25.9. The lowest BCUT2D eigenvalue weighted by molar-refractivity contribution is -0.569. The summed E-state index contributed by atoms with van der Waals surface area (Å²) < 4.78 is 0. The first kappa shape index (κ1) is 31.1. The summed E-state index contributed by atoms with van der Waals surface area (Å²) in [6.07, 6.45) is 8.01. The van der Waals surface area contributed by atoms with Crippen molar-refractivity contribution in [2.45, 2.75) is 58.9 Å². The Morgan fingerprint density at radius 2 is 1.75 bits per heavy atom. The maximum Gasteiger partial charge on any atom is 0.266 e. The van der Waals surface area contributed by atoms with Gasteiger partial charge in [0.25, 0.3) is 5.54 Å². The molecule has 4 aromatic rings. The third kappa shape index (κ3) is 5.64. The highest BCUT2D eigenvalue weighted by molar-refractivity contribution is 7.13. The summed E-state index contributed by atoms with van der Waals surface area (Å²) in [6, 6.07) is 24.4. The number of hydrogen-bond donors (Lipinski definition) is 1. The van der Waals surface area contributed by atoms with Crippen LogP contribution in [0.25, 0.3) is 11.1 Å². The van der Waals surface area contributed by atoms with Crippen LogP contribution in [0.1, 0.15) is 68.0 Å². The predicted molar refractivity (Wildman–Crippen MR) is 180 cm³/mol. The van der Waals surface area contributed by atoms with Crippen LogP contribution in [0.2, 0.25) is 0 Å². The Hall–Kier alpha value is -4.36. The maximum absolute atomic E-state index is 14.1. The van der Waals surface area contributed by atoms with E-state index in [-0.39, 0.29) is 29.1 Å². The molecular formula is C37H39N3O3S. The molecule has 0 aliphatic heterocycles. The number of nitrogens with one attached hydrogen (secondary N) is 1. The van der Waals surface area contributed by atoms with E-state index in [4.69, 9.17) is 4.98 Å². The monoisotopic (exact) mass is 605 g/mol. The van der Waals surface area contributed by atoms with E-state index in [1.54, 1.807) is 12.2 Å². The second-order valence-corrected chi connectivity index (χ2v) is 12.6. The molecule has 0 spiro atoms. The largest absolute Gasteiger partial charge is 0.301 e. The Balaban J connectivity index is 0.00000188. The van der Waals surface area contributed by atoms with Crippen LogP contribution in [0.15, 0.2) is 102 Å². The first-order valence-electron chi connectivity index (χ1n) is 15.2. The summed E-state index contributed by atoms with van der Waals surface area (Å²) in [5.74, 6) is -0.486. The van der Waals surface area contributed by atoms with Crippen molar-refractivity contribution in [3.05, 3.63) is 141 Å². The lowest BCUT2D eigenvalue weighted by Crippen LogP contribution is -2.52. The lowest BCUT2D eigenvalue weighted by atomic mass is 9.55. The van der Waals surface area contributed by atoms with Gasteiger partial charge in [0.15, 0.2) is 5.13 Å². The normalized spacial score (nSPS) is 24.8. The lowest BCUT2D eigenvalue weighted by Gasteiger charge is -2.47. The van der Waals surface area contributed by atoms with Gasteiger partial charge in [0.2, 0.25) is 5.91 Å². The van der Waals surface area contributed by atoms with E-state index in [0.29, 0.717) is 17.1 Å². The van der Waals surface area contributed by atoms with Crippen molar-refractivity contribution in [1.82, 2.24) is 4.98 Å². The van der Waals surface area contributed by atoms with Crippen molar-refractivity contribution in [2.75, 3.05) is 5.32 Å². The van der Waals surface area contributed by atoms with Crippen molar-refractivity contribution in [2.24, 2.45) is 11.3 Å². The quantitative estimate of drug-likeness (QED) is 0.175. The van der Waals surface area contributed by atoms with E-state index in [0.717, 1.165) is 16.8 Å². The number of nitro groups is 1. The summed E-state index contributed by atoms with van der Waals surface area (Å²) >= 11 is 1.38. The number of aryl methyl sites for hydroxylation is 1. The van der Waals surface area contributed by atoms with Gasteiger partial charge in [-0.05, 0) is 53.7 Å². The SMILES string of the molecule is CC.Cc1ccccc1-c1ccc(Cc2csc(NC(=O)C3(C)CC4([N+](=O)[O-])/C=C\C=C/C(C)C3c3ccccc34)n2)cc1. The van der Waals surface area contributed by atoms with Crippen LogP contribution < -0.4 is 5.32 Å². The fourth-order valence-corrected chi connectivity index (χ4v) is 7.59. The van der Waals surface area contributed by atoms with E-state index in [1.807, 2.05) is 68.6 Å². The average molecular weight is 606 g/mol. The molecule has 6 rings (SSSR count). The van der Waals surface area contributed by atoms with Gasteiger partial charge in [-0.25, -0.2) is 4.98 Å². The highest BCUT2D eigenvalue weighted by Gasteiger charge is 2.60. The second-order valence-electron chi connectivity index (χ2n) is 11.7. The number of nitrogens with zero attached hydrogens (tertiary/aromatic N) is 2. The zero-order valence-corrected chi connectivity index (χ0v) is 26.7. The molecule has 226 valence electrons. The van der Waals surface area contributed by atoms with Crippen molar-refractivity contribution >= 4 is 22.4 Å². The second kappa shape index (κ2) is 12.7. The van der Waals surface area contributed by atoms with E-state index >= 15 is 0 Å². The molecule has 3 aromatic carbocycles. The van der Waals surface area contributed by atoms with Gasteiger partial charge < -0.3 is 5.32 Å². The van der Waals surface area contributed by atoms with E-state index in [2.05, 4.69) is 61.6 Å². The van der Waals surface area contributed by atoms with Crippen LogP contribution in [-0.2, 0) is 16.8 Å². The predicted octanol–water partition coefficient (Wildman–Crippen LogP) is 9.10. The Bertz CT molecular complexity index is 1720. The van der Waals surface area contributed by atoms with Crippen molar-refractivity contribution < 1.29 is 9.72 Å². The van der Waals surface area contributed by atoms with Gasteiger partial charge in [-0.3, -0.25) is 14.9 Å². The molecule has 4 unspecified atom stereocenters. The highest BCUT2D eigenvalue weighted by Crippen LogP contribution is 2.57. The van der Waals surface area contributed by atoms with Gasteiger partial charge in [0.05, 0.1) is 11.1 Å². The van der Waals surface area contributed by atoms with Crippen LogP contribution in [-0.4, -0.2) is 15.8 Å². The number of aromatic nitrogens is 1. The summed E-state index contributed by atoms with van der Waals surface area (Å²) in [7, 11) is 0. The fourth-order valence-electron chi connectivity index (χ4n) is 6.89. The number of fused-ring (bicyclic) bond motifs is 6. The molecule has 2 aliphatic carbocycles. The standard InChI is InChI=1S/C35H33N3O3S.C2H6/c1-23-10-4-5-12-28(23)26-17-15-25(16-18-26)20-27-21-42-33(36-27)37-32(39)34(3)22-35(38(40)41)19-9-8-11-24(2)31(34)29-13-6-7-14-30(29)35;1-2/h4-19,21,24,31H,20,22H2,1-3H3,(H,36,37,39);1-2H3/b11-8-,19-9-;. The number of allylic oxidation sites excluding steroid dienone is 3. The molecule has 1 amide bonds. The molecule has 0 radical (unpaired) electrons. The summed E-state index contributed by atoms with van der Waals surface area (Å²) in [4.78, 5) is 31.3. The van der Waals surface area contributed by atoms with Gasteiger partial charge in [-0.2, -0.15) is 0 Å². The number of benzene rings is 3. The number of anilines is 1. The number of amides is 1. The Kier molecular flexibility index (Phi) is 8.97. The van der Waals surface area contributed by atoms with Crippen molar-refractivity contribution in [3.8, 4) is 11.1 Å². The van der Waals surface area contributed by atoms with Gasteiger partial charge >= 0.3 is 0 Å². The Labute approximate surface area is 263 Å². The van der Waals surface area contributed by atoms with Crippen molar-refractivity contribution in [1.29, 1.82) is 0 Å². The van der Waals surface area contributed by atoms with Gasteiger partial charge in [0, 0.05) is 34.6 Å². The first-order chi connectivity index (χ1) is 21.2. The summed E-state index contributed by atoms with van der Waals surface area (Å²) in [5.41, 5.74) is 4.62. The number of carbonyl (C=O) groups is 1. The molecule has 4 atom stereocenters. The summed E-state index contributed by atoms with van der Waals surface area (Å²) in [6.45, 7) is 10.1. The Morgan fingerprint density at radius 3 is 2.48 bits per heavy atom. The zero-order chi connectivity index (χ0) is 31.5. The van der Waals surface area contributed by atoms with Gasteiger partial charge in [-0.1, -0.05) is 112 Å². The van der Waals surface area contributed by atoms with E-state index < -0.39 is 11.0 Å². The minimum Gasteiger partial charge on any atom is -0.301 e. The number of thiazole rings is 1. The third-order valence-corrected chi connectivity index (χ3v) is 9.73. The molecular weight excluding hydrogens is 566 g/mol. The average Bonchev–Trinajstić information content (AvgIpc) is 3.50. The van der Waals surface area contributed by atoms with E-state index in [1.165, 1.54) is 28.0 Å². The van der Waals surface area contributed by atoms with Crippen LogP contribution >= 0.6 is 11.3 Å². The van der Waals surface area contributed by atoms with Crippen LogP contribution in [0.5, 0.6) is 0 Å². The molecule has 0 saturated carbocycles. The molecule has 1 N–H and O–H groups in total. The number of rotatable bonds is 6. The molecule has 6 nitrogen and oxygen atoms in total. The van der Waals surface area contributed by atoms with E-state index in [9.17, 15) is 14.9 Å². The minimum atomic E-state index is -1.49. The molecule has 0 saturated heterocycles. The molecule has 0 fully saturated rings. The number of carbonyl (C=O) groups excluding carboxylic acids is 1. The molecule has 2 bridgehead atoms. The van der Waals surface area contributed by atoms with Crippen LogP contribution in [0.3, 0.4) is 0 Å². The topological polar surface area (TPSA) is 85.1 Å². The molecule has 1 aromatic heterocycles. The molecule has 44 heavy (non-hydrogen) atoms. The van der Waals surface area contributed by atoms with Crippen LogP contribution in [0, 0.1) is 28.4 Å². The Morgan fingerprint density at radius 1 is 1.05 bits per heavy atom. The maximum atomic E-state index is 14.1. The smallest absolute Gasteiger partial charge is 0.266 e. The van der Waals surface area contributed by atoms with Crippen LogP contribution in [0.4, 0.5) is 5.13 Å². The van der Waals surface area contributed by atoms with Gasteiger partial charge in [0.1, 0.15) is 0 Å². The number of hydrogen-bond acceptors (Lipinski definition) is 5. The molecule has 2 aliphatic rings. The molecule has 7 heteroatoms. The molecule has 1 heterocycles. The summed E-state index contributed by atoms with van der Waals surface area (Å²) in [5, 5.41) is 18.2. The highest BCUT2D eigenvalue weighted by atomic mass is 32.1. The third-order valence-electron chi connectivity index (χ3n) is 8.92. The van der Waals surface area contributed by atoms with Gasteiger partial charge in [-0.15, -0.1) is 11.3 Å².